The first-order valence-corrected chi connectivity index (χ1v) is 11.5. The van der Waals surface area contributed by atoms with Crippen LogP contribution >= 0.6 is 23.7 Å². The molecule has 0 saturated carbocycles. The number of morpholine rings is 1. The third kappa shape index (κ3) is 5.20. The molecule has 0 atom stereocenters. The molecule has 1 saturated heterocycles. The summed E-state index contributed by atoms with van der Waals surface area (Å²) in [6.07, 6.45) is 1.85. The van der Waals surface area contributed by atoms with Gasteiger partial charge in [0.25, 0.3) is 5.91 Å². The Hall–Kier alpha value is -2.91. The summed E-state index contributed by atoms with van der Waals surface area (Å²) in [7, 11) is 0. The quantitative estimate of drug-likeness (QED) is 0.382. The van der Waals surface area contributed by atoms with Crippen LogP contribution in [0.1, 0.15) is 20.8 Å². The summed E-state index contributed by atoms with van der Waals surface area (Å²) in [5, 5.41) is 16.3. The van der Waals surface area contributed by atoms with Crippen molar-refractivity contribution in [2.45, 2.75) is 13.1 Å². The van der Waals surface area contributed by atoms with E-state index in [0.717, 1.165) is 54.2 Å². The summed E-state index contributed by atoms with van der Waals surface area (Å²) in [6, 6.07) is 13.3. The zero-order chi connectivity index (χ0) is 21.9. The number of nitrogens with zero attached hydrogens (tertiary/aromatic N) is 2. The van der Waals surface area contributed by atoms with Gasteiger partial charge in [-0.05, 0) is 41.3 Å². The highest BCUT2D eigenvalue weighted by Gasteiger charge is 2.17. The van der Waals surface area contributed by atoms with Crippen molar-refractivity contribution in [3.63, 3.8) is 0 Å². The number of aromatic hydroxyl groups is 1. The fourth-order valence-corrected chi connectivity index (χ4v) is 4.59. The third-order valence-electron chi connectivity index (χ3n) is 5.64. The number of aromatic amines is 1. The second-order valence-corrected chi connectivity index (χ2v) is 8.84. The molecule has 3 N–H and O–H groups in total. The van der Waals surface area contributed by atoms with Crippen molar-refractivity contribution >= 4 is 40.6 Å². The van der Waals surface area contributed by atoms with Crippen LogP contribution < -0.4 is 5.32 Å². The van der Waals surface area contributed by atoms with Crippen molar-refractivity contribution < 1.29 is 14.6 Å². The zero-order valence-electron chi connectivity index (χ0n) is 17.9. The molecule has 33 heavy (non-hydrogen) atoms. The molecule has 0 radical (unpaired) electrons. The molecule has 1 aromatic carbocycles. The van der Waals surface area contributed by atoms with Crippen LogP contribution in [0.2, 0.25) is 0 Å². The van der Waals surface area contributed by atoms with E-state index in [2.05, 4.69) is 20.2 Å². The molecule has 1 aliphatic rings. The first-order chi connectivity index (χ1) is 15.7. The van der Waals surface area contributed by atoms with Gasteiger partial charge in [-0.15, -0.1) is 23.7 Å². The van der Waals surface area contributed by atoms with Crippen molar-refractivity contribution in [3.05, 3.63) is 70.0 Å². The number of nitrogens with one attached hydrogen (secondary N) is 2. The largest absolute Gasteiger partial charge is 0.494 e. The van der Waals surface area contributed by atoms with E-state index in [9.17, 15) is 9.90 Å². The Bertz CT molecular complexity index is 1220. The molecule has 4 heterocycles. The first kappa shape index (κ1) is 23.3. The molecule has 9 heteroatoms. The lowest BCUT2D eigenvalue weighted by molar-refractivity contribution is 0.0341. The van der Waals surface area contributed by atoms with Gasteiger partial charge < -0.3 is 20.1 Å². The van der Waals surface area contributed by atoms with E-state index in [-0.39, 0.29) is 24.2 Å². The van der Waals surface area contributed by atoms with Crippen LogP contribution in [-0.4, -0.2) is 52.2 Å². The third-order valence-corrected chi connectivity index (χ3v) is 6.51. The number of benzene rings is 1. The van der Waals surface area contributed by atoms with Crippen LogP contribution in [0.15, 0.2) is 54.0 Å². The summed E-state index contributed by atoms with van der Waals surface area (Å²) >= 11 is 1.61. The minimum atomic E-state index is -0.152. The maximum absolute atomic E-state index is 12.7. The second kappa shape index (κ2) is 10.4. The normalized spacial score (nSPS) is 14.2. The Morgan fingerprint density at radius 3 is 2.79 bits per heavy atom. The van der Waals surface area contributed by atoms with Crippen LogP contribution in [0.5, 0.6) is 5.88 Å². The number of hydrogen-bond acceptors (Lipinski definition) is 6. The number of fused-ring (bicyclic) bond motifs is 1. The predicted molar refractivity (Wildman–Crippen MR) is 132 cm³/mol. The van der Waals surface area contributed by atoms with Gasteiger partial charge in [-0.1, -0.05) is 12.1 Å². The summed E-state index contributed by atoms with van der Waals surface area (Å²) in [4.78, 5) is 23.7. The highest BCUT2D eigenvalue weighted by atomic mass is 35.5. The minimum Gasteiger partial charge on any atom is -0.494 e. The van der Waals surface area contributed by atoms with Crippen LogP contribution in [0.4, 0.5) is 0 Å². The number of amides is 1. The smallest absolute Gasteiger partial charge is 0.251 e. The highest BCUT2D eigenvalue weighted by molar-refractivity contribution is 7.09. The van der Waals surface area contributed by atoms with Gasteiger partial charge in [-0.2, -0.15) is 0 Å². The van der Waals surface area contributed by atoms with E-state index in [1.807, 2.05) is 41.9 Å². The maximum Gasteiger partial charge on any atom is 0.251 e. The maximum atomic E-state index is 12.7. The molecule has 0 bridgehead atoms. The molecule has 172 valence electrons. The van der Waals surface area contributed by atoms with Crippen molar-refractivity contribution in [1.29, 1.82) is 0 Å². The lowest BCUT2D eigenvalue weighted by Gasteiger charge is -2.26. The number of halogens is 1. The van der Waals surface area contributed by atoms with Gasteiger partial charge in [-0.25, -0.2) is 0 Å². The molecular formula is C24H25ClN4O3S. The number of rotatable bonds is 6. The number of hydrogen-bond donors (Lipinski definition) is 3. The topological polar surface area (TPSA) is 90.5 Å². The number of carbonyl (C=O) groups excluding carboxylic acids is 1. The Balaban J connectivity index is 0.00000259. The van der Waals surface area contributed by atoms with E-state index in [0.29, 0.717) is 23.4 Å². The molecule has 5 rings (SSSR count). The zero-order valence-corrected chi connectivity index (χ0v) is 19.5. The van der Waals surface area contributed by atoms with Crippen molar-refractivity contribution in [2.24, 2.45) is 0 Å². The Kier molecular flexibility index (Phi) is 7.29. The molecule has 3 aromatic heterocycles. The van der Waals surface area contributed by atoms with Gasteiger partial charge in [0.1, 0.15) is 0 Å². The van der Waals surface area contributed by atoms with E-state index < -0.39 is 0 Å². The van der Waals surface area contributed by atoms with Crippen molar-refractivity contribution in [3.8, 4) is 17.1 Å². The summed E-state index contributed by atoms with van der Waals surface area (Å²) in [5.41, 5.74) is 3.68. The number of thiophene rings is 1. The molecule has 7 nitrogen and oxygen atoms in total. The molecule has 0 spiro atoms. The monoisotopic (exact) mass is 484 g/mol. The van der Waals surface area contributed by atoms with E-state index in [1.165, 1.54) is 0 Å². The van der Waals surface area contributed by atoms with E-state index in [1.54, 1.807) is 23.5 Å². The van der Waals surface area contributed by atoms with Crippen LogP contribution in [0.25, 0.3) is 22.2 Å². The van der Waals surface area contributed by atoms with Crippen LogP contribution in [0, 0.1) is 0 Å². The first-order valence-electron chi connectivity index (χ1n) is 10.6. The highest BCUT2D eigenvalue weighted by Crippen LogP contribution is 2.36. The van der Waals surface area contributed by atoms with Gasteiger partial charge in [0.2, 0.25) is 0 Å². The number of ether oxygens (including phenoxy) is 1. The standard InChI is InChI=1S/C24H24N4O3S.ClH/c29-23(26-14-18-2-1-11-32-18)17-4-6-20-19(12-17)22(24(30)27-20)21-5-3-16(13-25-21)15-28-7-9-31-10-8-28;/h1-6,11-13,27,30H,7-10,14-15H2,(H,26,29);1H. The fourth-order valence-electron chi connectivity index (χ4n) is 3.94. The fraction of sp³-hybridized carbons (Fsp3) is 0.250. The number of carbonyl (C=O) groups is 1. The number of aromatic nitrogens is 2. The van der Waals surface area contributed by atoms with Crippen molar-refractivity contribution in [2.75, 3.05) is 26.3 Å². The molecule has 0 unspecified atom stereocenters. The molecule has 0 aliphatic carbocycles. The molecule has 1 aliphatic heterocycles. The molecule has 4 aromatic rings. The number of pyridine rings is 1. The van der Waals surface area contributed by atoms with Crippen LogP contribution in [-0.2, 0) is 17.8 Å². The average molecular weight is 485 g/mol. The average Bonchev–Trinajstić information content (AvgIpc) is 3.45. The number of H-pyrrole nitrogens is 1. The van der Waals surface area contributed by atoms with Crippen LogP contribution in [0.3, 0.4) is 0 Å². The molecule has 1 fully saturated rings. The van der Waals surface area contributed by atoms with Gasteiger partial charge in [0.15, 0.2) is 5.88 Å². The molecular weight excluding hydrogens is 460 g/mol. The SMILES string of the molecule is Cl.O=C(NCc1cccs1)c1ccc2[nH]c(O)c(-c3ccc(CN4CCOCC4)cn3)c2c1. The van der Waals surface area contributed by atoms with Crippen molar-refractivity contribution in [1.82, 2.24) is 20.2 Å². The lowest BCUT2D eigenvalue weighted by Crippen LogP contribution is -2.35. The second-order valence-electron chi connectivity index (χ2n) is 7.81. The van der Waals surface area contributed by atoms with Gasteiger partial charge in [0.05, 0.1) is 31.0 Å². The van der Waals surface area contributed by atoms with Gasteiger partial charge >= 0.3 is 0 Å². The van der Waals surface area contributed by atoms with Gasteiger partial charge in [-0.3, -0.25) is 14.7 Å². The predicted octanol–water partition coefficient (Wildman–Crippen LogP) is 4.18. The van der Waals surface area contributed by atoms with Gasteiger partial charge in [0, 0.05) is 47.2 Å². The summed E-state index contributed by atoms with van der Waals surface area (Å²) in [6.45, 7) is 4.68. The minimum absolute atomic E-state index is 0. The Morgan fingerprint density at radius 1 is 1.21 bits per heavy atom. The summed E-state index contributed by atoms with van der Waals surface area (Å²) < 4.78 is 5.40. The Morgan fingerprint density at radius 2 is 2.06 bits per heavy atom. The van der Waals surface area contributed by atoms with E-state index in [4.69, 9.17) is 4.74 Å². The molecule has 1 amide bonds. The lowest BCUT2D eigenvalue weighted by atomic mass is 10.1. The Labute approximate surface area is 201 Å². The summed E-state index contributed by atoms with van der Waals surface area (Å²) in [5.74, 6) is -0.106. The van der Waals surface area contributed by atoms with E-state index >= 15 is 0 Å².